The fraction of sp³-hybridized carbons (Fsp3) is 0.0476. The van der Waals surface area contributed by atoms with Crippen molar-refractivity contribution in [2.24, 2.45) is 0 Å². The molecule has 0 unspecified atom stereocenters. The van der Waals surface area contributed by atoms with Crippen molar-refractivity contribution in [3.05, 3.63) is 88.2 Å². The van der Waals surface area contributed by atoms with Gasteiger partial charge >= 0.3 is 0 Å². The minimum Gasteiger partial charge on any atom is -0.354 e. The number of non-ortho nitro benzene ring substituents is 1. The van der Waals surface area contributed by atoms with E-state index in [2.05, 4.69) is 14.9 Å². The maximum atomic E-state index is 10.9. The predicted molar refractivity (Wildman–Crippen MR) is 107 cm³/mol. The van der Waals surface area contributed by atoms with E-state index >= 15 is 0 Å². The molecule has 0 atom stereocenters. The summed E-state index contributed by atoms with van der Waals surface area (Å²) in [5.41, 5.74) is 4.16. The molecule has 0 saturated heterocycles. The maximum Gasteiger partial charge on any atom is 0.270 e. The lowest BCUT2D eigenvalue weighted by atomic mass is 10.1. The van der Waals surface area contributed by atoms with E-state index in [1.54, 1.807) is 0 Å². The van der Waals surface area contributed by atoms with E-state index in [0.717, 1.165) is 28.2 Å². The standard InChI is InChI=1S/C21H15N5O2/c1-14-23-20-12-16(7-10-21(20)25(14)17-5-3-2-4-6-17)24-19-9-8-18(26(27)28)11-15(19)13-22/h2-12,24H,1H3. The number of nitro groups is 1. The van der Waals surface area contributed by atoms with Crippen molar-refractivity contribution in [2.45, 2.75) is 6.92 Å². The lowest BCUT2D eigenvalue weighted by Gasteiger charge is -2.09. The molecule has 7 nitrogen and oxygen atoms in total. The number of aryl methyl sites for hydroxylation is 1. The summed E-state index contributed by atoms with van der Waals surface area (Å²) in [6, 6.07) is 21.9. The summed E-state index contributed by atoms with van der Waals surface area (Å²) in [6.45, 7) is 1.95. The highest BCUT2D eigenvalue weighted by Gasteiger charge is 2.13. The Balaban J connectivity index is 1.72. The van der Waals surface area contributed by atoms with Gasteiger partial charge in [-0.25, -0.2) is 4.98 Å². The quantitative estimate of drug-likeness (QED) is 0.409. The topological polar surface area (TPSA) is 96.8 Å². The lowest BCUT2D eigenvalue weighted by molar-refractivity contribution is -0.384. The summed E-state index contributed by atoms with van der Waals surface area (Å²) in [5, 5.41) is 23.4. The molecule has 28 heavy (non-hydrogen) atoms. The van der Waals surface area contributed by atoms with Crippen molar-refractivity contribution >= 4 is 28.1 Å². The van der Waals surface area contributed by atoms with Crippen molar-refractivity contribution in [3.63, 3.8) is 0 Å². The first-order chi connectivity index (χ1) is 13.6. The van der Waals surface area contributed by atoms with E-state index in [0.29, 0.717) is 5.69 Å². The zero-order valence-corrected chi connectivity index (χ0v) is 15.0. The number of nitriles is 1. The number of hydrogen-bond donors (Lipinski definition) is 1. The van der Waals surface area contributed by atoms with E-state index in [-0.39, 0.29) is 11.3 Å². The lowest BCUT2D eigenvalue weighted by Crippen LogP contribution is -1.97. The number of nitrogens with one attached hydrogen (secondary N) is 1. The van der Waals surface area contributed by atoms with Crippen molar-refractivity contribution in [1.29, 1.82) is 5.26 Å². The van der Waals surface area contributed by atoms with Gasteiger partial charge in [-0.3, -0.25) is 14.7 Å². The zero-order valence-electron chi connectivity index (χ0n) is 15.0. The van der Waals surface area contributed by atoms with Crippen LogP contribution in [0.15, 0.2) is 66.7 Å². The van der Waals surface area contributed by atoms with Crippen LogP contribution >= 0.6 is 0 Å². The van der Waals surface area contributed by atoms with Crippen LogP contribution in [-0.2, 0) is 0 Å². The summed E-state index contributed by atoms with van der Waals surface area (Å²) < 4.78 is 2.08. The molecule has 4 rings (SSSR count). The van der Waals surface area contributed by atoms with Gasteiger partial charge in [0.15, 0.2) is 0 Å². The highest BCUT2D eigenvalue weighted by atomic mass is 16.6. The zero-order chi connectivity index (χ0) is 19.7. The van der Waals surface area contributed by atoms with Crippen LogP contribution < -0.4 is 5.32 Å². The van der Waals surface area contributed by atoms with Crippen LogP contribution in [0.4, 0.5) is 17.1 Å². The Bertz CT molecular complexity index is 1240. The van der Waals surface area contributed by atoms with Crippen LogP contribution in [0.1, 0.15) is 11.4 Å². The monoisotopic (exact) mass is 369 g/mol. The average Bonchev–Trinajstić information content (AvgIpc) is 3.03. The third kappa shape index (κ3) is 3.04. The van der Waals surface area contributed by atoms with Gasteiger partial charge in [-0.2, -0.15) is 5.26 Å². The average molecular weight is 369 g/mol. The third-order valence-electron chi connectivity index (χ3n) is 4.45. The van der Waals surface area contributed by atoms with E-state index < -0.39 is 4.92 Å². The number of nitrogens with zero attached hydrogens (tertiary/aromatic N) is 4. The molecule has 1 N–H and O–H groups in total. The molecular weight excluding hydrogens is 354 g/mol. The van der Waals surface area contributed by atoms with Crippen molar-refractivity contribution < 1.29 is 4.92 Å². The van der Waals surface area contributed by atoms with Crippen molar-refractivity contribution in [3.8, 4) is 11.8 Å². The van der Waals surface area contributed by atoms with Gasteiger partial charge in [-0.05, 0) is 43.3 Å². The van der Waals surface area contributed by atoms with Gasteiger partial charge < -0.3 is 5.32 Å². The van der Waals surface area contributed by atoms with Crippen LogP contribution in [0, 0.1) is 28.4 Å². The Kier molecular flexibility index (Phi) is 4.22. The Morgan fingerprint density at radius 3 is 2.61 bits per heavy atom. The number of hydrogen-bond acceptors (Lipinski definition) is 5. The number of aromatic nitrogens is 2. The molecule has 136 valence electrons. The van der Waals surface area contributed by atoms with Crippen LogP contribution in [0.5, 0.6) is 0 Å². The summed E-state index contributed by atoms with van der Waals surface area (Å²) in [4.78, 5) is 15.0. The molecule has 0 aliphatic heterocycles. The normalized spacial score (nSPS) is 10.6. The van der Waals surface area contributed by atoms with Crippen molar-refractivity contribution in [2.75, 3.05) is 5.32 Å². The van der Waals surface area contributed by atoms with Gasteiger partial charge in [0.25, 0.3) is 5.69 Å². The number of anilines is 2. The van der Waals surface area contributed by atoms with Crippen LogP contribution in [-0.4, -0.2) is 14.5 Å². The Hall–Kier alpha value is -4.18. The minimum atomic E-state index is -0.518. The molecule has 0 fully saturated rings. The molecule has 0 aliphatic carbocycles. The Labute approximate surface area is 160 Å². The Morgan fingerprint density at radius 2 is 1.89 bits per heavy atom. The molecule has 0 aliphatic rings. The molecule has 1 aromatic heterocycles. The molecule has 0 radical (unpaired) electrons. The van der Waals surface area contributed by atoms with Gasteiger partial charge in [-0.1, -0.05) is 18.2 Å². The second-order valence-electron chi connectivity index (χ2n) is 6.26. The van der Waals surface area contributed by atoms with Crippen molar-refractivity contribution in [1.82, 2.24) is 9.55 Å². The van der Waals surface area contributed by atoms with E-state index in [1.165, 1.54) is 18.2 Å². The summed E-state index contributed by atoms with van der Waals surface area (Å²) in [5.74, 6) is 0.867. The fourth-order valence-electron chi connectivity index (χ4n) is 3.18. The number of benzene rings is 3. The molecule has 1 heterocycles. The highest BCUT2D eigenvalue weighted by Crippen LogP contribution is 2.28. The molecule has 0 bridgehead atoms. The highest BCUT2D eigenvalue weighted by molar-refractivity contribution is 5.83. The molecule has 3 aromatic carbocycles. The van der Waals surface area contributed by atoms with Crippen LogP contribution in [0.25, 0.3) is 16.7 Å². The maximum absolute atomic E-state index is 10.9. The van der Waals surface area contributed by atoms with Gasteiger partial charge in [0.1, 0.15) is 11.9 Å². The second-order valence-corrected chi connectivity index (χ2v) is 6.26. The summed E-state index contributed by atoms with van der Waals surface area (Å²) >= 11 is 0. The minimum absolute atomic E-state index is 0.116. The first-order valence-electron chi connectivity index (χ1n) is 8.57. The predicted octanol–water partition coefficient (Wildman–Crippen LogP) is 4.86. The van der Waals surface area contributed by atoms with Gasteiger partial charge in [0.05, 0.1) is 27.2 Å². The summed E-state index contributed by atoms with van der Waals surface area (Å²) in [6.07, 6.45) is 0. The van der Waals surface area contributed by atoms with Gasteiger partial charge in [0.2, 0.25) is 0 Å². The number of fused-ring (bicyclic) bond motifs is 1. The number of imidazole rings is 1. The largest absolute Gasteiger partial charge is 0.354 e. The summed E-state index contributed by atoms with van der Waals surface area (Å²) in [7, 11) is 0. The molecule has 0 amide bonds. The fourth-order valence-corrected chi connectivity index (χ4v) is 3.18. The molecule has 0 saturated carbocycles. The second kappa shape index (κ2) is 6.85. The number of nitro benzene ring substituents is 1. The SMILES string of the molecule is Cc1nc2cc(Nc3ccc([N+](=O)[O-])cc3C#N)ccc2n1-c1ccccc1. The van der Waals surface area contributed by atoms with E-state index in [1.807, 2.05) is 61.5 Å². The molecule has 7 heteroatoms. The smallest absolute Gasteiger partial charge is 0.270 e. The molecule has 4 aromatic rings. The van der Waals surface area contributed by atoms with Crippen LogP contribution in [0.3, 0.4) is 0 Å². The molecular formula is C21H15N5O2. The number of rotatable bonds is 4. The molecule has 0 spiro atoms. The Morgan fingerprint density at radius 1 is 1.11 bits per heavy atom. The number of para-hydroxylation sites is 1. The van der Waals surface area contributed by atoms with Gasteiger partial charge in [0, 0.05) is 23.5 Å². The first kappa shape index (κ1) is 17.2. The first-order valence-corrected chi connectivity index (χ1v) is 8.57. The van der Waals surface area contributed by atoms with E-state index in [9.17, 15) is 15.4 Å². The van der Waals surface area contributed by atoms with Gasteiger partial charge in [-0.15, -0.1) is 0 Å². The van der Waals surface area contributed by atoms with E-state index in [4.69, 9.17) is 0 Å². The third-order valence-corrected chi connectivity index (χ3v) is 4.45. The van der Waals surface area contributed by atoms with Crippen LogP contribution in [0.2, 0.25) is 0 Å².